The van der Waals surface area contributed by atoms with Crippen molar-refractivity contribution < 1.29 is 23.5 Å². The molecule has 0 unspecified atom stereocenters. The number of hydrogen-bond donors (Lipinski definition) is 0. The molecule has 0 aliphatic carbocycles. The fourth-order valence-electron chi connectivity index (χ4n) is 4.26. The number of amides is 1. The normalized spacial score (nSPS) is 29.1. The number of aryl methyl sites for hydroxylation is 1. The molecule has 0 aromatic carbocycles. The summed E-state index contributed by atoms with van der Waals surface area (Å²) in [6, 6.07) is 0.149. The lowest BCUT2D eigenvalue weighted by molar-refractivity contribution is -0.0984. The Morgan fingerprint density at radius 1 is 1.26 bits per heavy atom. The molecule has 3 atom stereocenters. The Morgan fingerprint density at radius 2 is 2.11 bits per heavy atom. The topological polar surface area (TPSA) is 77.3 Å². The highest BCUT2D eigenvalue weighted by Crippen LogP contribution is 2.32. The first kappa shape index (κ1) is 18.9. The Labute approximate surface area is 159 Å². The lowest BCUT2D eigenvalue weighted by atomic mass is 9.99. The highest BCUT2D eigenvalue weighted by molar-refractivity contribution is 5.95. The van der Waals surface area contributed by atoms with Crippen molar-refractivity contribution in [1.82, 2.24) is 15.0 Å². The van der Waals surface area contributed by atoms with Gasteiger partial charge in [-0.15, -0.1) is 0 Å². The van der Waals surface area contributed by atoms with E-state index in [0.717, 1.165) is 65.3 Å². The summed E-state index contributed by atoms with van der Waals surface area (Å²) in [7, 11) is 0. The molecule has 0 radical (unpaired) electrons. The van der Waals surface area contributed by atoms with Crippen molar-refractivity contribution in [2.75, 3.05) is 52.6 Å². The quantitative estimate of drug-likeness (QED) is 0.685. The van der Waals surface area contributed by atoms with Crippen LogP contribution in [0.2, 0.25) is 0 Å². The maximum atomic E-state index is 12.8. The molecular weight excluding hydrogens is 350 g/mol. The number of carbonyl (C=O) groups excluding carboxylic acids is 1. The summed E-state index contributed by atoms with van der Waals surface area (Å²) >= 11 is 0. The zero-order valence-electron chi connectivity index (χ0n) is 16.0. The van der Waals surface area contributed by atoms with Gasteiger partial charge in [-0.1, -0.05) is 5.16 Å². The van der Waals surface area contributed by atoms with Gasteiger partial charge in [0.25, 0.3) is 5.91 Å². The van der Waals surface area contributed by atoms with E-state index < -0.39 is 0 Å². The fourth-order valence-corrected chi connectivity index (χ4v) is 4.26. The van der Waals surface area contributed by atoms with Crippen molar-refractivity contribution in [3.63, 3.8) is 0 Å². The average molecular weight is 379 g/mol. The van der Waals surface area contributed by atoms with E-state index in [4.69, 9.17) is 18.7 Å². The Kier molecular flexibility index (Phi) is 6.07. The molecule has 1 amide bonds. The van der Waals surface area contributed by atoms with Crippen LogP contribution in [0.1, 0.15) is 35.3 Å². The number of carbonyl (C=O) groups is 1. The zero-order chi connectivity index (χ0) is 18.6. The van der Waals surface area contributed by atoms with E-state index in [0.29, 0.717) is 17.9 Å². The van der Waals surface area contributed by atoms with Gasteiger partial charge >= 0.3 is 0 Å². The van der Waals surface area contributed by atoms with E-state index in [-0.39, 0.29) is 24.2 Å². The molecule has 27 heavy (non-hydrogen) atoms. The predicted octanol–water partition coefficient (Wildman–Crippen LogP) is 1.09. The molecule has 0 N–H and O–H groups in total. The van der Waals surface area contributed by atoms with Gasteiger partial charge < -0.3 is 23.6 Å². The first-order valence-corrected chi connectivity index (χ1v) is 9.97. The summed E-state index contributed by atoms with van der Waals surface area (Å²) in [5.41, 5.74) is 1.20. The Hall–Kier alpha value is -1.48. The van der Waals surface area contributed by atoms with Crippen LogP contribution in [0, 0.1) is 6.92 Å². The van der Waals surface area contributed by atoms with Crippen molar-refractivity contribution in [1.29, 1.82) is 0 Å². The molecule has 4 heterocycles. The number of aromatic nitrogens is 1. The van der Waals surface area contributed by atoms with Gasteiger partial charge in [0.15, 0.2) is 0 Å². The van der Waals surface area contributed by atoms with E-state index in [2.05, 4.69) is 10.1 Å². The molecule has 3 saturated heterocycles. The van der Waals surface area contributed by atoms with E-state index in [1.165, 1.54) is 6.26 Å². The van der Waals surface area contributed by atoms with E-state index in [1.54, 1.807) is 6.92 Å². The van der Waals surface area contributed by atoms with Gasteiger partial charge in [0.2, 0.25) is 0 Å². The number of rotatable bonds is 6. The molecule has 0 saturated carbocycles. The second-order valence-corrected chi connectivity index (χ2v) is 7.57. The van der Waals surface area contributed by atoms with E-state index in [1.807, 2.05) is 4.90 Å². The Morgan fingerprint density at radius 3 is 2.89 bits per heavy atom. The van der Waals surface area contributed by atoms with Crippen molar-refractivity contribution in [3.05, 3.63) is 17.5 Å². The Balaban J connectivity index is 1.21. The summed E-state index contributed by atoms with van der Waals surface area (Å²) < 4.78 is 22.4. The van der Waals surface area contributed by atoms with Gasteiger partial charge in [0, 0.05) is 26.2 Å². The minimum atomic E-state index is 0.00469. The average Bonchev–Trinajstić information content (AvgIpc) is 3.31. The van der Waals surface area contributed by atoms with Crippen molar-refractivity contribution >= 4 is 5.91 Å². The van der Waals surface area contributed by atoms with E-state index >= 15 is 0 Å². The number of hydrogen-bond acceptors (Lipinski definition) is 7. The van der Waals surface area contributed by atoms with Crippen LogP contribution in [0.15, 0.2) is 10.8 Å². The van der Waals surface area contributed by atoms with Crippen molar-refractivity contribution in [2.45, 2.75) is 44.4 Å². The zero-order valence-corrected chi connectivity index (χ0v) is 16.0. The summed E-state index contributed by atoms with van der Waals surface area (Å²) in [5, 5.41) is 3.82. The SMILES string of the molecule is Cc1nocc1C(=O)N1CC[C@H]2O[C@@H](COCCN3CCOCC3)CC[C@H]21. The second kappa shape index (κ2) is 8.68. The van der Waals surface area contributed by atoms with Crippen molar-refractivity contribution in [3.8, 4) is 0 Å². The van der Waals surface area contributed by atoms with E-state index in [9.17, 15) is 4.79 Å². The summed E-state index contributed by atoms with van der Waals surface area (Å²) in [5.74, 6) is 0.00469. The molecule has 8 heteroatoms. The van der Waals surface area contributed by atoms with Crippen LogP contribution >= 0.6 is 0 Å². The fraction of sp³-hybridized carbons (Fsp3) is 0.789. The molecule has 150 valence electrons. The third-order valence-corrected chi connectivity index (χ3v) is 5.84. The highest BCUT2D eigenvalue weighted by Gasteiger charge is 2.42. The molecule has 3 aliphatic heterocycles. The molecule has 1 aromatic heterocycles. The van der Waals surface area contributed by atoms with Gasteiger partial charge in [-0.2, -0.15) is 0 Å². The summed E-state index contributed by atoms with van der Waals surface area (Å²) in [6.45, 7) is 8.44. The standard InChI is InChI=1S/C19H29N3O5/c1-14-16(13-26-20-14)19(23)22-5-4-18-17(22)3-2-15(27-18)12-25-11-8-21-6-9-24-10-7-21/h13,15,17-18H,2-12H2,1H3/t15-,17-,18-/m1/s1. The molecule has 8 nitrogen and oxygen atoms in total. The van der Waals surface area contributed by atoms with Crippen LogP contribution in [0.25, 0.3) is 0 Å². The molecule has 0 spiro atoms. The maximum Gasteiger partial charge on any atom is 0.259 e. The van der Waals surface area contributed by atoms with Crippen molar-refractivity contribution in [2.24, 2.45) is 0 Å². The molecule has 3 fully saturated rings. The van der Waals surface area contributed by atoms with Gasteiger partial charge in [0.05, 0.1) is 50.4 Å². The molecule has 3 aliphatic rings. The van der Waals surface area contributed by atoms with Crippen LogP contribution in [0.4, 0.5) is 0 Å². The van der Waals surface area contributed by atoms with Gasteiger partial charge in [0.1, 0.15) is 11.8 Å². The van der Waals surface area contributed by atoms with Crippen LogP contribution in [0.5, 0.6) is 0 Å². The van der Waals surface area contributed by atoms with Gasteiger partial charge in [-0.25, -0.2) is 0 Å². The highest BCUT2D eigenvalue weighted by atomic mass is 16.5. The van der Waals surface area contributed by atoms with Crippen LogP contribution in [-0.2, 0) is 14.2 Å². The van der Waals surface area contributed by atoms with Gasteiger partial charge in [-0.3, -0.25) is 9.69 Å². The Bertz CT molecular complexity index is 631. The summed E-state index contributed by atoms with van der Waals surface area (Å²) in [4.78, 5) is 17.1. The first-order valence-electron chi connectivity index (χ1n) is 9.97. The minimum absolute atomic E-state index is 0.00469. The predicted molar refractivity (Wildman–Crippen MR) is 96.7 cm³/mol. The molecule has 1 aromatic rings. The maximum absolute atomic E-state index is 12.8. The largest absolute Gasteiger partial charge is 0.379 e. The monoisotopic (exact) mass is 379 g/mol. The van der Waals surface area contributed by atoms with Crippen LogP contribution in [-0.4, -0.2) is 91.7 Å². The number of fused-ring (bicyclic) bond motifs is 1. The van der Waals surface area contributed by atoms with Gasteiger partial charge in [-0.05, 0) is 26.2 Å². The molecule has 0 bridgehead atoms. The number of likely N-dealkylation sites (tertiary alicyclic amines) is 1. The lowest BCUT2D eigenvalue weighted by Crippen LogP contribution is -2.46. The smallest absolute Gasteiger partial charge is 0.259 e. The molecular formula is C19H29N3O5. The molecule has 4 rings (SSSR count). The summed E-state index contributed by atoms with van der Waals surface area (Å²) in [6.07, 6.45) is 4.44. The number of nitrogens with zero attached hydrogens (tertiary/aromatic N) is 3. The lowest BCUT2D eigenvalue weighted by Gasteiger charge is -2.36. The third-order valence-electron chi connectivity index (χ3n) is 5.84. The number of ether oxygens (including phenoxy) is 3. The number of morpholine rings is 1. The minimum Gasteiger partial charge on any atom is -0.379 e. The second-order valence-electron chi connectivity index (χ2n) is 7.57. The first-order chi connectivity index (χ1) is 13.2. The van der Waals surface area contributed by atoms with Crippen LogP contribution < -0.4 is 0 Å². The van der Waals surface area contributed by atoms with Crippen LogP contribution in [0.3, 0.4) is 0 Å². The third kappa shape index (κ3) is 4.34.